The van der Waals surface area contributed by atoms with Crippen LogP contribution in [0.15, 0.2) is 0 Å². The van der Waals surface area contributed by atoms with Crippen LogP contribution in [0.4, 0.5) is 0 Å². The molecular weight excluding hydrogens is 232 g/mol. The van der Waals surface area contributed by atoms with Crippen molar-refractivity contribution in [2.75, 3.05) is 54.1 Å². The van der Waals surface area contributed by atoms with Crippen molar-refractivity contribution in [3.8, 4) is 0 Å². The molecule has 4 unspecified atom stereocenters. The van der Waals surface area contributed by atoms with Crippen LogP contribution in [0.25, 0.3) is 0 Å². The van der Waals surface area contributed by atoms with Gasteiger partial charge in [0.05, 0.1) is 18.8 Å². The van der Waals surface area contributed by atoms with Crippen molar-refractivity contribution in [1.29, 1.82) is 0 Å². The van der Waals surface area contributed by atoms with Gasteiger partial charge in [0.15, 0.2) is 0 Å². The molecule has 2 aliphatic rings. The third-order valence-electron chi connectivity index (χ3n) is 4.26. The van der Waals surface area contributed by atoms with Crippen LogP contribution in [0.5, 0.6) is 0 Å². The highest BCUT2D eigenvalue weighted by molar-refractivity contribution is 4.89. The van der Waals surface area contributed by atoms with Gasteiger partial charge in [-0.1, -0.05) is 0 Å². The lowest BCUT2D eigenvalue weighted by atomic mass is 9.99. The molecule has 2 fully saturated rings. The summed E-state index contributed by atoms with van der Waals surface area (Å²) in [5.74, 6) is 0.637. The lowest BCUT2D eigenvalue weighted by Gasteiger charge is -2.27. The molecule has 2 rings (SSSR count). The monoisotopic (exact) mass is 258 g/mol. The largest absolute Gasteiger partial charge is 0.381 e. The lowest BCUT2D eigenvalue weighted by molar-refractivity contribution is -0.00461. The molecule has 0 aromatic rings. The molecule has 2 heterocycles. The predicted molar refractivity (Wildman–Crippen MR) is 69.8 cm³/mol. The van der Waals surface area contributed by atoms with Crippen LogP contribution in [0.2, 0.25) is 0 Å². The van der Waals surface area contributed by atoms with Gasteiger partial charge >= 0.3 is 0 Å². The van der Waals surface area contributed by atoms with Crippen molar-refractivity contribution in [2.45, 2.75) is 24.7 Å². The number of nitrogens with one attached hydrogen (secondary N) is 1. The Morgan fingerprint density at radius 1 is 1.28 bits per heavy atom. The number of likely N-dealkylation sites (N-methyl/N-ethyl adjacent to an activating group) is 1. The highest BCUT2D eigenvalue weighted by Gasteiger charge is 2.35. The van der Waals surface area contributed by atoms with Crippen molar-refractivity contribution in [1.82, 2.24) is 10.2 Å². The first-order valence-electron chi connectivity index (χ1n) is 6.81. The Morgan fingerprint density at radius 3 is 2.39 bits per heavy atom. The first-order chi connectivity index (χ1) is 8.78. The molecule has 1 N–H and O–H groups in total. The number of nitrogens with zero attached hydrogens (tertiary/aromatic N) is 1. The van der Waals surface area contributed by atoms with E-state index in [1.165, 1.54) is 6.42 Å². The minimum atomic E-state index is 0.201. The first-order valence-corrected chi connectivity index (χ1v) is 6.81. The molecule has 0 aliphatic carbocycles. The van der Waals surface area contributed by atoms with Crippen molar-refractivity contribution >= 4 is 0 Å². The third kappa shape index (κ3) is 3.22. The van der Waals surface area contributed by atoms with Gasteiger partial charge in [-0.15, -0.1) is 0 Å². The molecule has 0 spiro atoms. The van der Waals surface area contributed by atoms with Crippen LogP contribution in [-0.4, -0.2) is 77.3 Å². The van der Waals surface area contributed by atoms with E-state index in [0.717, 1.165) is 32.8 Å². The van der Waals surface area contributed by atoms with Gasteiger partial charge in [-0.3, -0.25) is 4.90 Å². The van der Waals surface area contributed by atoms with E-state index in [4.69, 9.17) is 14.2 Å². The van der Waals surface area contributed by atoms with Crippen molar-refractivity contribution in [2.24, 2.45) is 5.92 Å². The number of likely N-dealkylation sites (tertiary alicyclic amines) is 1. The van der Waals surface area contributed by atoms with E-state index in [2.05, 4.69) is 10.2 Å². The van der Waals surface area contributed by atoms with Gasteiger partial charge in [-0.2, -0.15) is 0 Å². The Labute approximate surface area is 110 Å². The van der Waals surface area contributed by atoms with Gasteiger partial charge < -0.3 is 19.5 Å². The Kier molecular flexibility index (Phi) is 5.38. The minimum absolute atomic E-state index is 0.201. The zero-order valence-electron chi connectivity index (χ0n) is 11.7. The molecule has 2 saturated heterocycles. The highest BCUT2D eigenvalue weighted by atomic mass is 16.5. The van der Waals surface area contributed by atoms with Crippen LogP contribution in [0.1, 0.15) is 6.42 Å². The van der Waals surface area contributed by atoms with E-state index in [9.17, 15) is 0 Å². The number of hydrogen-bond acceptors (Lipinski definition) is 5. The van der Waals surface area contributed by atoms with Gasteiger partial charge in [0.2, 0.25) is 0 Å². The zero-order chi connectivity index (χ0) is 13.0. The maximum atomic E-state index is 5.48. The second-order valence-corrected chi connectivity index (χ2v) is 5.29. The van der Waals surface area contributed by atoms with Crippen molar-refractivity contribution in [3.63, 3.8) is 0 Å². The van der Waals surface area contributed by atoms with Crippen molar-refractivity contribution in [3.05, 3.63) is 0 Å². The maximum absolute atomic E-state index is 5.48. The molecule has 5 nitrogen and oxygen atoms in total. The van der Waals surface area contributed by atoms with E-state index < -0.39 is 0 Å². The molecule has 5 heteroatoms. The fraction of sp³-hybridized carbons (Fsp3) is 1.00. The number of ether oxygens (including phenoxy) is 3. The summed E-state index contributed by atoms with van der Waals surface area (Å²) >= 11 is 0. The number of methoxy groups -OCH3 is 2. The minimum Gasteiger partial charge on any atom is -0.381 e. The Balaban J connectivity index is 1.84. The summed E-state index contributed by atoms with van der Waals surface area (Å²) in [6, 6.07) is 0.501. The first kappa shape index (κ1) is 14.2. The summed E-state index contributed by atoms with van der Waals surface area (Å²) in [6.45, 7) is 4.76. The Morgan fingerprint density at radius 2 is 1.94 bits per heavy atom. The fourth-order valence-electron chi connectivity index (χ4n) is 3.04. The quantitative estimate of drug-likeness (QED) is 0.724. The molecule has 0 aromatic heterocycles. The van der Waals surface area contributed by atoms with Gasteiger partial charge in [-0.05, 0) is 13.5 Å². The average molecular weight is 258 g/mol. The van der Waals surface area contributed by atoms with Crippen LogP contribution in [0.3, 0.4) is 0 Å². The topological polar surface area (TPSA) is 43.0 Å². The molecule has 18 heavy (non-hydrogen) atoms. The molecule has 0 radical (unpaired) electrons. The maximum Gasteiger partial charge on any atom is 0.0971 e. The smallest absolute Gasteiger partial charge is 0.0971 e. The molecule has 4 atom stereocenters. The standard InChI is InChI=1S/C13H26N2O3/c1-14-11(10-4-5-18-9-10)6-15-7-12(16-2)13(8-15)17-3/h10-14H,4-9H2,1-3H3. The molecule has 0 saturated carbocycles. The van der Waals surface area contributed by atoms with Gasteiger partial charge in [0.1, 0.15) is 0 Å². The number of hydrogen-bond donors (Lipinski definition) is 1. The highest BCUT2D eigenvalue weighted by Crippen LogP contribution is 2.21. The van der Waals surface area contributed by atoms with Gasteiger partial charge in [0.25, 0.3) is 0 Å². The summed E-state index contributed by atoms with van der Waals surface area (Å²) in [4.78, 5) is 2.43. The summed E-state index contributed by atoms with van der Waals surface area (Å²) in [5, 5.41) is 3.43. The van der Waals surface area contributed by atoms with E-state index >= 15 is 0 Å². The molecule has 2 aliphatic heterocycles. The Hall–Kier alpha value is -0.200. The summed E-state index contributed by atoms with van der Waals surface area (Å²) < 4.78 is 16.4. The van der Waals surface area contributed by atoms with E-state index in [0.29, 0.717) is 12.0 Å². The van der Waals surface area contributed by atoms with Gasteiger partial charge in [0, 0.05) is 52.4 Å². The van der Waals surface area contributed by atoms with Gasteiger partial charge in [-0.25, -0.2) is 0 Å². The second kappa shape index (κ2) is 6.82. The summed E-state index contributed by atoms with van der Waals surface area (Å²) in [7, 11) is 5.57. The molecule has 0 amide bonds. The molecule has 106 valence electrons. The van der Waals surface area contributed by atoms with Crippen LogP contribution in [-0.2, 0) is 14.2 Å². The van der Waals surface area contributed by atoms with Crippen LogP contribution < -0.4 is 5.32 Å². The second-order valence-electron chi connectivity index (χ2n) is 5.29. The predicted octanol–water partition coefficient (Wildman–Crippen LogP) is -0.0435. The zero-order valence-corrected chi connectivity index (χ0v) is 11.7. The van der Waals surface area contributed by atoms with Crippen LogP contribution >= 0.6 is 0 Å². The summed E-state index contributed by atoms with van der Waals surface area (Å²) in [6.07, 6.45) is 1.57. The summed E-state index contributed by atoms with van der Waals surface area (Å²) in [5.41, 5.74) is 0. The molecule has 0 bridgehead atoms. The average Bonchev–Trinajstić information content (AvgIpc) is 3.04. The van der Waals surface area contributed by atoms with E-state index in [1.54, 1.807) is 14.2 Å². The van der Waals surface area contributed by atoms with Crippen molar-refractivity contribution < 1.29 is 14.2 Å². The lowest BCUT2D eigenvalue weighted by Crippen LogP contribution is -2.44. The normalized spacial score (nSPS) is 35.2. The molecular formula is C13H26N2O3. The van der Waals surface area contributed by atoms with E-state index in [-0.39, 0.29) is 12.2 Å². The van der Waals surface area contributed by atoms with E-state index in [1.807, 2.05) is 7.05 Å². The SMILES string of the molecule is CNC(CN1CC(OC)C(OC)C1)C1CCOC1. The third-order valence-corrected chi connectivity index (χ3v) is 4.26. The molecule has 0 aromatic carbocycles. The fourth-order valence-corrected chi connectivity index (χ4v) is 3.04. The van der Waals surface area contributed by atoms with Crippen LogP contribution in [0, 0.1) is 5.92 Å². The Bertz CT molecular complexity index is 234. The number of rotatable bonds is 6.